The van der Waals surface area contributed by atoms with Gasteiger partial charge in [-0.2, -0.15) is 0 Å². The molecule has 7 heteroatoms. The minimum absolute atomic E-state index is 0.0534. The van der Waals surface area contributed by atoms with Crippen LogP contribution >= 0.6 is 0 Å². The van der Waals surface area contributed by atoms with E-state index in [0.29, 0.717) is 17.9 Å². The summed E-state index contributed by atoms with van der Waals surface area (Å²) in [5.41, 5.74) is 4.61. The Bertz CT molecular complexity index is 1030. The second-order valence-corrected chi connectivity index (χ2v) is 7.92. The van der Waals surface area contributed by atoms with Crippen LogP contribution < -0.4 is 10.6 Å². The minimum atomic E-state index is -0.0534. The number of nitrogens with one attached hydrogen (secondary N) is 2. The predicted molar refractivity (Wildman–Crippen MR) is 126 cm³/mol. The minimum Gasteiger partial charge on any atom is -0.379 e. The van der Waals surface area contributed by atoms with E-state index in [2.05, 4.69) is 44.6 Å². The third-order valence-electron chi connectivity index (χ3n) is 5.44. The zero-order chi connectivity index (χ0) is 22.2. The van der Waals surface area contributed by atoms with Crippen LogP contribution in [0, 0.1) is 6.92 Å². The van der Waals surface area contributed by atoms with Crippen LogP contribution in [0.3, 0.4) is 0 Å². The number of morpholine rings is 1. The number of nitrogens with zero attached hydrogens (tertiary/aromatic N) is 3. The zero-order valence-electron chi connectivity index (χ0n) is 18.4. The van der Waals surface area contributed by atoms with Crippen molar-refractivity contribution in [1.82, 2.24) is 20.2 Å². The first-order valence-corrected chi connectivity index (χ1v) is 11.0. The number of hydrogen-bond acceptors (Lipinski definition) is 6. The molecule has 0 aliphatic carbocycles. The molecule has 0 unspecified atom stereocenters. The number of ether oxygens (including phenoxy) is 1. The molecule has 1 aliphatic rings. The van der Waals surface area contributed by atoms with Crippen molar-refractivity contribution in [2.75, 3.05) is 44.7 Å². The lowest BCUT2D eigenvalue weighted by atomic mass is 10.1. The summed E-state index contributed by atoms with van der Waals surface area (Å²) >= 11 is 0. The molecule has 166 valence electrons. The average molecular weight is 432 g/mol. The smallest absolute Gasteiger partial charge is 0.251 e. The van der Waals surface area contributed by atoms with Gasteiger partial charge in [0, 0.05) is 42.5 Å². The van der Waals surface area contributed by atoms with Crippen molar-refractivity contribution in [3.63, 3.8) is 0 Å². The maximum Gasteiger partial charge on any atom is 0.251 e. The van der Waals surface area contributed by atoms with Gasteiger partial charge in [-0.3, -0.25) is 9.69 Å². The van der Waals surface area contributed by atoms with E-state index >= 15 is 0 Å². The van der Waals surface area contributed by atoms with Gasteiger partial charge >= 0.3 is 0 Å². The van der Waals surface area contributed by atoms with Gasteiger partial charge in [0.2, 0.25) is 0 Å². The SMILES string of the molecule is Cc1cccc(-c2cc(Nc3ccc(C(=O)NCCCN4CCOCC4)cc3)ncn2)c1. The summed E-state index contributed by atoms with van der Waals surface area (Å²) in [5.74, 6) is 0.652. The van der Waals surface area contributed by atoms with Crippen molar-refractivity contribution in [3.8, 4) is 11.3 Å². The van der Waals surface area contributed by atoms with Crippen LogP contribution in [0.5, 0.6) is 0 Å². The molecule has 1 amide bonds. The van der Waals surface area contributed by atoms with Crippen LogP contribution in [-0.4, -0.2) is 60.2 Å². The highest BCUT2D eigenvalue weighted by molar-refractivity contribution is 5.94. The fraction of sp³-hybridized carbons (Fsp3) is 0.320. The van der Waals surface area contributed by atoms with Gasteiger partial charge in [0.25, 0.3) is 5.91 Å². The van der Waals surface area contributed by atoms with Crippen LogP contribution in [0.4, 0.5) is 11.5 Å². The standard InChI is InChI=1S/C25H29N5O2/c1-19-4-2-5-21(16-19)23-17-24(28-18-27-23)29-22-8-6-20(7-9-22)25(31)26-10-3-11-30-12-14-32-15-13-30/h2,4-9,16-18H,3,10-15H2,1H3,(H,26,31)(H,27,28,29). The predicted octanol–water partition coefficient (Wildman–Crippen LogP) is 3.65. The molecule has 32 heavy (non-hydrogen) atoms. The molecule has 7 nitrogen and oxygen atoms in total. The zero-order valence-corrected chi connectivity index (χ0v) is 18.4. The van der Waals surface area contributed by atoms with E-state index in [1.165, 1.54) is 5.56 Å². The van der Waals surface area contributed by atoms with E-state index in [9.17, 15) is 4.79 Å². The summed E-state index contributed by atoms with van der Waals surface area (Å²) in [4.78, 5) is 23.5. The van der Waals surface area contributed by atoms with Crippen LogP contribution in [-0.2, 0) is 4.74 Å². The lowest BCUT2D eigenvalue weighted by molar-refractivity contribution is 0.0374. The monoisotopic (exact) mass is 431 g/mol. The molecule has 1 aliphatic heterocycles. The number of amides is 1. The first kappa shape index (κ1) is 21.9. The Labute approximate surface area is 188 Å². The first-order valence-electron chi connectivity index (χ1n) is 11.0. The van der Waals surface area contributed by atoms with E-state index in [4.69, 9.17) is 4.74 Å². The van der Waals surface area contributed by atoms with E-state index in [1.54, 1.807) is 6.33 Å². The van der Waals surface area contributed by atoms with Crippen LogP contribution in [0.2, 0.25) is 0 Å². The van der Waals surface area contributed by atoms with E-state index in [1.807, 2.05) is 42.5 Å². The quantitative estimate of drug-likeness (QED) is 0.530. The van der Waals surface area contributed by atoms with Crippen LogP contribution in [0.15, 0.2) is 60.9 Å². The molecule has 0 bridgehead atoms. The second kappa shape index (κ2) is 10.8. The molecule has 1 aromatic heterocycles. The number of benzene rings is 2. The molecule has 0 spiro atoms. The second-order valence-electron chi connectivity index (χ2n) is 7.92. The van der Waals surface area contributed by atoms with Gasteiger partial charge in [0.15, 0.2) is 0 Å². The Hall–Kier alpha value is -3.29. The average Bonchev–Trinajstić information content (AvgIpc) is 2.83. The highest BCUT2D eigenvalue weighted by atomic mass is 16.5. The van der Waals surface area contributed by atoms with Gasteiger partial charge in [0.1, 0.15) is 12.1 Å². The van der Waals surface area contributed by atoms with Gasteiger partial charge in [-0.05, 0) is 50.2 Å². The molecule has 0 saturated carbocycles. The molecule has 2 heterocycles. The first-order chi connectivity index (χ1) is 15.7. The molecule has 0 atom stereocenters. The Morgan fingerprint density at radius 1 is 1.06 bits per heavy atom. The number of anilines is 2. The fourth-order valence-electron chi connectivity index (χ4n) is 3.67. The van der Waals surface area contributed by atoms with E-state index in [-0.39, 0.29) is 5.91 Å². The van der Waals surface area contributed by atoms with Crippen molar-refractivity contribution in [2.45, 2.75) is 13.3 Å². The molecule has 4 rings (SSSR count). The molecule has 2 aromatic carbocycles. The third kappa shape index (κ3) is 6.12. The molecule has 3 aromatic rings. The molecule has 1 saturated heterocycles. The summed E-state index contributed by atoms with van der Waals surface area (Å²) in [6, 6.07) is 17.6. The van der Waals surface area contributed by atoms with E-state index < -0.39 is 0 Å². The summed E-state index contributed by atoms with van der Waals surface area (Å²) in [6.07, 6.45) is 2.49. The topological polar surface area (TPSA) is 79.4 Å². The Kier molecular flexibility index (Phi) is 7.42. The Balaban J connectivity index is 1.29. The van der Waals surface area contributed by atoms with Crippen molar-refractivity contribution < 1.29 is 9.53 Å². The highest BCUT2D eigenvalue weighted by Gasteiger charge is 2.10. The van der Waals surface area contributed by atoms with E-state index in [0.717, 1.165) is 56.2 Å². The van der Waals surface area contributed by atoms with Gasteiger partial charge in [0.05, 0.1) is 18.9 Å². The lowest BCUT2D eigenvalue weighted by Gasteiger charge is -2.26. The molecular formula is C25H29N5O2. The lowest BCUT2D eigenvalue weighted by Crippen LogP contribution is -2.38. The van der Waals surface area contributed by atoms with Gasteiger partial charge in [-0.25, -0.2) is 9.97 Å². The number of aromatic nitrogens is 2. The number of rotatable bonds is 8. The fourth-order valence-corrected chi connectivity index (χ4v) is 3.67. The van der Waals surface area contributed by atoms with Gasteiger partial charge in [-0.1, -0.05) is 23.8 Å². The maximum atomic E-state index is 12.4. The maximum absolute atomic E-state index is 12.4. The molecular weight excluding hydrogens is 402 g/mol. The van der Waals surface area contributed by atoms with Crippen molar-refractivity contribution in [2.24, 2.45) is 0 Å². The highest BCUT2D eigenvalue weighted by Crippen LogP contribution is 2.22. The number of aryl methyl sites for hydroxylation is 1. The van der Waals surface area contributed by atoms with Crippen molar-refractivity contribution in [3.05, 3.63) is 72.1 Å². The molecule has 0 radical (unpaired) electrons. The van der Waals surface area contributed by atoms with Gasteiger partial charge < -0.3 is 15.4 Å². The summed E-state index contributed by atoms with van der Waals surface area (Å²) in [7, 11) is 0. The van der Waals surface area contributed by atoms with Gasteiger partial charge in [-0.15, -0.1) is 0 Å². The molecule has 1 fully saturated rings. The van der Waals surface area contributed by atoms with Crippen molar-refractivity contribution in [1.29, 1.82) is 0 Å². The van der Waals surface area contributed by atoms with Crippen LogP contribution in [0.1, 0.15) is 22.3 Å². The summed E-state index contributed by atoms with van der Waals surface area (Å²) < 4.78 is 5.36. The molecule has 2 N–H and O–H groups in total. The van der Waals surface area contributed by atoms with Crippen LogP contribution in [0.25, 0.3) is 11.3 Å². The normalized spacial score (nSPS) is 14.2. The number of carbonyl (C=O) groups excluding carboxylic acids is 1. The summed E-state index contributed by atoms with van der Waals surface area (Å²) in [5, 5.41) is 6.28. The number of carbonyl (C=O) groups is 1. The largest absolute Gasteiger partial charge is 0.379 e. The third-order valence-corrected chi connectivity index (χ3v) is 5.44. The van der Waals surface area contributed by atoms with Crippen molar-refractivity contribution >= 4 is 17.4 Å². The summed E-state index contributed by atoms with van der Waals surface area (Å²) in [6.45, 7) is 7.26. The number of hydrogen-bond donors (Lipinski definition) is 2. The Morgan fingerprint density at radius 2 is 1.88 bits per heavy atom. The Morgan fingerprint density at radius 3 is 2.66 bits per heavy atom.